The van der Waals surface area contributed by atoms with Crippen molar-refractivity contribution in [2.45, 2.75) is 33.9 Å². The van der Waals surface area contributed by atoms with Crippen LogP contribution in [0.5, 0.6) is 0 Å². The second kappa shape index (κ2) is 6.91. The second-order valence-electron chi connectivity index (χ2n) is 5.93. The number of carbonyl (C=O) groups excluding carboxylic acids is 1. The van der Waals surface area contributed by atoms with E-state index >= 15 is 0 Å². The van der Waals surface area contributed by atoms with E-state index in [0.717, 1.165) is 5.69 Å². The molecule has 3 aromatic rings. The highest BCUT2D eigenvalue weighted by atomic mass is 16.2. The van der Waals surface area contributed by atoms with Gasteiger partial charge in [0.25, 0.3) is 0 Å². The van der Waals surface area contributed by atoms with Gasteiger partial charge in [-0.3, -0.25) is 14.8 Å². The maximum Gasteiger partial charge on any atom is 0.225 e. The fraction of sp³-hybridized carbons (Fsp3) is 0.278. The molecule has 3 rings (SSSR count). The van der Waals surface area contributed by atoms with Gasteiger partial charge in [0.1, 0.15) is 5.52 Å². The number of benzene rings is 1. The molecule has 0 saturated heterocycles. The topological polar surface area (TPSA) is 114 Å². The van der Waals surface area contributed by atoms with Crippen LogP contribution in [0.2, 0.25) is 0 Å². The number of carbonyl (C=O) groups is 1. The van der Waals surface area contributed by atoms with Gasteiger partial charge in [-0.2, -0.15) is 4.98 Å². The largest absolute Gasteiger partial charge is 0.382 e. The summed E-state index contributed by atoms with van der Waals surface area (Å²) in [5, 5.41) is 7.95. The van der Waals surface area contributed by atoms with Gasteiger partial charge in [-0.05, 0) is 26.0 Å². The molecule has 0 aliphatic rings. The summed E-state index contributed by atoms with van der Waals surface area (Å²) in [6.45, 7) is 6.09. The zero-order chi connectivity index (χ0) is 18.8. The molecule has 1 amide bonds. The van der Waals surface area contributed by atoms with E-state index in [0.29, 0.717) is 29.1 Å². The predicted molar refractivity (Wildman–Crippen MR) is 99.3 cm³/mol. The zero-order valence-corrected chi connectivity index (χ0v) is 15.0. The van der Waals surface area contributed by atoms with Gasteiger partial charge < -0.3 is 10.6 Å². The van der Waals surface area contributed by atoms with Crippen molar-refractivity contribution in [3.8, 4) is 0 Å². The van der Waals surface area contributed by atoms with E-state index in [9.17, 15) is 4.79 Å². The van der Waals surface area contributed by atoms with Gasteiger partial charge >= 0.3 is 0 Å². The highest BCUT2D eigenvalue weighted by Gasteiger charge is 2.17. The molecule has 8 nitrogen and oxygen atoms in total. The molecule has 0 spiro atoms. The summed E-state index contributed by atoms with van der Waals surface area (Å²) in [5.41, 5.74) is 9.12. The average molecular weight is 351 g/mol. The highest BCUT2D eigenvalue weighted by Crippen LogP contribution is 2.20. The highest BCUT2D eigenvalue weighted by molar-refractivity contribution is 5.91. The summed E-state index contributed by atoms with van der Waals surface area (Å²) >= 11 is 0. The Morgan fingerprint density at radius 3 is 2.54 bits per heavy atom. The fourth-order valence-corrected chi connectivity index (χ4v) is 2.82. The van der Waals surface area contributed by atoms with Crippen molar-refractivity contribution < 1.29 is 4.79 Å². The molecule has 2 heterocycles. The zero-order valence-electron chi connectivity index (χ0n) is 15.0. The predicted octanol–water partition coefficient (Wildman–Crippen LogP) is 1.77. The minimum Gasteiger partial charge on any atom is -0.382 e. The Bertz CT molecular complexity index is 1030. The van der Waals surface area contributed by atoms with Crippen molar-refractivity contribution in [3.05, 3.63) is 47.3 Å². The van der Waals surface area contributed by atoms with E-state index in [1.807, 2.05) is 44.2 Å². The summed E-state index contributed by atoms with van der Waals surface area (Å²) in [6.07, 6.45) is 0. The first-order valence-electron chi connectivity index (χ1n) is 8.33. The number of rotatable bonds is 4. The van der Waals surface area contributed by atoms with E-state index in [4.69, 9.17) is 11.1 Å². The first-order chi connectivity index (χ1) is 12.4. The van der Waals surface area contributed by atoms with Crippen LogP contribution in [0.4, 0.5) is 11.5 Å². The van der Waals surface area contributed by atoms with Crippen LogP contribution in [0.25, 0.3) is 11.2 Å². The number of amides is 1. The molecule has 26 heavy (non-hydrogen) atoms. The van der Waals surface area contributed by atoms with Gasteiger partial charge in [0.2, 0.25) is 11.5 Å². The van der Waals surface area contributed by atoms with Crippen LogP contribution in [-0.2, 0) is 17.9 Å². The summed E-state index contributed by atoms with van der Waals surface area (Å²) in [4.78, 5) is 27.0. The Labute approximate surface area is 150 Å². The van der Waals surface area contributed by atoms with Crippen molar-refractivity contribution in [2.75, 3.05) is 10.6 Å². The van der Waals surface area contributed by atoms with Crippen LogP contribution in [-0.4, -0.2) is 25.4 Å². The van der Waals surface area contributed by atoms with Crippen molar-refractivity contribution >= 4 is 28.6 Å². The lowest BCUT2D eigenvalue weighted by Crippen LogP contribution is -2.29. The molecule has 0 fully saturated rings. The number of nitrogens with zero attached hydrogens (tertiary/aromatic N) is 5. The van der Waals surface area contributed by atoms with Gasteiger partial charge in [-0.15, -0.1) is 0 Å². The van der Waals surface area contributed by atoms with E-state index in [1.165, 1.54) is 6.92 Å². The van der Waals surface area contributed by atoms with Gasteiger partial charge in [0.15, 0.2) is 11.5 Å². The number of aromatic nitrogens is 4. The minimum absolute atomic E-state index is 0.0496. The lowest BCUT2D eigenvalue weighted by molar-refractivity contribution is -0.116. The molecule has 0 unspecified atom stereocenters. The van der Waals surface area contributed by atoms with Gasteiger partial charge in [0.05, 0.1) is 17.9 Å². The molecular weight excluding hydrogens is 330 g/mol. The monoisotopic (exact) mass is 351 g/mol. The number of anilines is 2. The minimum atomic E-state index is -0.0891. The molecule has 3 N–H and O–H groups in total. The molecular formula is C18H21N7O. The third-order valence-electron chi connectivity index (χ3n) is 4.20. The molecule has 0 atom stereocenters. The number of hydrogen-bond acceptors (Lipinski definition) is 6. The molecule has 0 radical (unpaired) electrons. The average Bonchev–Trinajstić information content (AvgIpc) is 2.61. The first kappa shape index (κ1) is 17.5. The van der Waals surface area contributed by atoms with Gasteiger partial charge in [0, 0.05) is 19.2 Å². The molecule has 0 aliphatic carbocycles. The molecule has 0 aliphatic heterocycles. The Balaban J connectivity index is 2.12. The standard InChI is InChI=1S/C18H21N7O/c1-4-24-17-15(16(19)23-18(24)20)22-14(11(2)21-17)10-25(12(3)26)13-8-6-5-7-9-13/h5-9H,4,10H2,1-3H3,(H3,19,20,23). The van der Waals surface area contributed by atoms with E-state index in [1.54, 1.807) is 9.47 Å². The molecule has 0 bridgehead atoms. The third kappa shape index (κ3) is 3.13. The molecule has 134 valence electrons. The van der Waals surface area contributed by atoms with Crippen molar-refractivity contribution in [1.29, 1.82) is 5.41 Å². The Hall–Kier alpha value is -3.29. The Morgan fingerprint density at radius 2 is 1.92 bits per heavy atom. The number of nitrogen functional groups attached to an aromatic ring is 1. The molecule has 2 aromatic heterocycles. The van der Waals surface area contributed by atoms with Crippen LogP contribution in [0.15, 0.2) is 30.3 Å². The summed E-state index contributed by atoms with van der Waals surface area (Å²) < 4.78 is 1.65. The molecule has 1 aromatic carbocycles. The summed E-state index contributed by atoms with van der Waals surface area (Å²) in [6, 6.07) is 9.41. The maximum atomic E-state index is 12.1. The van der Waals surface area contributed by atoms with Crippen LogP contribution >= 0.6 is 0 Å². The fourth-order valence-electron chi connectivity index (χ4n) is 2.82. The van der Waals surface area contributed by atoms with Gasteiger partial charge in [-0.1, -0.05) is 18.2 Å². The van der Waals surface area contributed by atoms with Crippen molar-refractivity contribution in [3.63, 3.8) is 0 Å². The number of fused-ring (bicyclic) bond motifs is 1. The van der Waals surface area contributed by atoms with Crippen LogP contribution in [0.1, 0.15) is 25.2 Å². The van der Waals surface area contributed by atoms with Crippen molar-refractivity contribution in [2.24, 2.45) is 0 Å². The maximum absolute atomic E-state index is 12.1. The lowest BCUT2D eigenvalue weighted by atomic mass is 10.2. The number of nitrogens with one attached hydrogen (secondary N) is 1. The summed E-state index contributed by atoms with van der Waals surface area (Å²) in [7, 11) is 0. The number of hydrogen-bond donors (Lipinski definition) is 2. The van der Waals surface area contributed by atoms with E-state index in [2.05, 4.69) is 15.0 Å². The van der Waals surface area contributed by atoms with Crippen molar-refractivity contribution in [1.82, 2.24) is 19.5 Å². The SMILES string of the molecule is CCn1c(=N)nc(N)c2nc(CN(C(C)=O)c3ccccc3)c(C)nc21. The normalized spacial score (nSPS) is 10.9. The Kier molecular flexibility index (Phi) is 4.66. The van der Waals surface area contributed by atoms with E-state index in [-0.39, 0.29) is 23.9 Å². The number of aryl methyl sites for hydroxylation is 2. The number of para-hydroxylation sites is 1. The third-order valence-corrected chi connectivity index (χ3v) is 4.20. The lowest BCUT2D eigenvalue weighted by Gasteiger charge is -2.22. The molecule has 8 heteroatoms. The molecule has 0 saturated carbocycles. The summed E-state index contributed by atoms with van der Waals surface area (Å²) in [5.74, 6) is 0.0752. The van der Waals surface area contributed by atoms with E-state index < -0.39 is 0 Å². The van der Waals surface area contributed by atoms with Crippen LogP contribution in [0, 0.1) is 12.3 Å². The van der Waals surface area contributed by atoms with Gasteiger partial charge in [-0.25, -0.2) is 9.97 Å². The first-order valence-corrected chi connectivity index (χ1v) is 8.33. The quantitative estimate of drug-likeness (QED) is 0.743. The van der Waals surface area contributed by atoms with Crippen LogP contribution < -0.4 is 16.3 Å². The van der Waals surface area contributed by atoms with Crippen LogP contribution in [0.3, 0.4) is 0 Å². The Morgan fingerprint density at radius 1 is 1.23 bits per heavy atom. The smallest absolute Gasteiger partial charge is 0.225 e. The second-order valence-corrected chi connectivity index (χ2v) is 5.93. The number of nitrogens with two attached hydrogens (primary N) is 1.